The van der Waals surface area contributed by atoms with Gasteiger partial charge < -0.3 is 9.64 Å². The van der Waals surface area contributed by atoms with E-state index in [1.807, 2.05) is 24.3 Å². The van der Waals surface area contributed by atoms with Gasteiger partial charge in [0.05, 0.1) is 18.1 Å². The molecule has 0 aliphatic carbocycles. The minimum absolute atomic E-state index is 0.00920. The third-order valence-corrected chi connectivity index (χ3v) is 7.23. The molecule has 0 bridgehead atoms. The Morgan fingerprint density at radius 2 is 1.76 bits per heavy atom. The van der Waals surface area contributed by atoms with Crippen LogP contribution in [0.3, 0.4) is 0 Å². The molecule has 1 fully saturated rings. The summed E-state index contributed by atoms with van der Waals surface area (Å²) < 4.78 is 32.0. The fourth-order valence-corrected chi connectivity index (χ4v) is 4.78. The number of carbonyl (C=O) groups excluding carboxylic acids is 1. The van der Waals surface area contributed by atoms with Crippen molar-refractivity contribution in [1.82, 2.24) is 9.21 Å². The number of sulfonamides is 1. The molecule has 8 heteroatoms. The molecule has 2 aromatic rings. The van der Waals surface area contributed by atoms with Gasteiger partial charge in [-0.3, -0.25) is 4.79 Å². The van der Waals surface area contributed by atoms with Gasteiger partial charge in [0.15, 0.2) is 0 Å². The van der Waals surface area contributed by atoms with Crippen LogP contribution in [-0.4, -0.2) is 56.9 Å². The Morgan fingerprint density at radius 1 is 1.10 bits per heavy atom. The second kappa shape index (κ2) is 9.71. The van der Waals surface area contributed by atoms with E-state index < -0.39 is 10.0 Å². The first-order valence-corrected chi connectivity index (χ1v) is 11.3. The van der Waals surface area contributed by atoms with Crippen LogP contribution in [0, 0.1) is 0 Å². The summed E-state index contributed by atoms with van der Waals surface area (Å²) >= 11 is 6.16. The lowest BCUT2D eigenvalue weighted by atomic mass is 10.1. The lowest BCUT2D eigenvalue weighted by molar-refractivity contribution is -0.130. The van der Waals surface area contributed by atoms with Crippen molar-refractivity contribution in [2.45, 2.75) is 24.3 Å². The van der Waals surface area contributed by atoms with Crippen LogP contribution in [0.2, 0.25) is 5.02 Å². The van der Waals surface area contributed by atoms with E-state index in [0.717, 1.165) is 11.1 Å². The molecule has 1 aliphatic heterocycles. The Kier molecular flexibility index (Phi) is 7.29. The van der Waals surface area contributed by atoms with E-state index in [4.69, 9.17) is 16.3 Å². The van der Waals surface area contributed by atoms with Gasteiger partial charge in [0.25, 0.3) is 0 Å². The number of hydrogen-bond acceptors (Lipinski definition) is 4. The SMILES string of the molecule is CN(Cc1ccccc1Cl)C(=O)CCc1ccc(S(=O)(=O)N2CCOCC2)cc1. The number of amides is 1. The van der Waals surface area contributed by atoms with Crippen molar-refractivity contribution >= 4 is 27.5 Å². The molecule has 0 aromatic heterocycles. The van der Waals surface area contributed by atoms with Crippen molar-refractivity contribution < 1.29 is 17.9 Å². The highest BCUT2D eigenvalue weighted by molar-refractivity contribution is 7.89. The Hall–Kier alpha value is -1.93. The van der Waals surface area contributed by atoms with Gasteiger partial charge in [-0.15, -0.1) is 0 Å². The standard InChI is InChI=1S/C21H25ClN2O4S/c1-23(16-18-4-2-3-5-20(18)22)21(25)11-8-17-6-9-19(10-7-17)29(26,27)24-12-14-28-15-13-24/h2-7,9-10H,8,11-16H2,1H3. The van der Waals surface area contributed by atoms with Gasteiger partial charge in [0.2, 0.25) is 15.9 Å². The van der Waals surface area contributed by atoms with Crippen LogP contribution in [0.15, 0.2) is 53.4 Å². The first-order valence-electron chi connectivity index (χ1n) is 9.52. The predicted molar refractivity (Wildman–Crippen MR) is 112 cm³/mol. The van der Waals surface area contributed by atoms with E-state index in [0.29, 0.717) is 50.7 Å². The third kappa shape index (κ3) is 5.57. The fraction of sp³-hybridized carbons (Fsp3) is 0.381. The van der Waals surface area contributed by atoms with Crippen molar-refractivity contribution in [3.63, 3.8) is 0 Å². The first kappa shape index (κ1) is 21.8. The maximum atomic E-state index is 12.7. The molecule has 2 aromatic carbocycles. The van der Waals surface area contributed by atoms with Crippen LogP contribution < -0.4 is 0 Å². The quantitative estimate of drug-likeness (QED) is 0.669. The van der Waals surface area contributed by atoms with Crippen molar-refractivity contribution in [3.05, 3.63) is 64.7 Å². The van der Waals surface area contributed by atoms with Crippen molar-refractivity contribution in [1.29, 1.82) is 0 Å². The summed E-state index contributed by atoms with van der Waals surface area (Å²) in [5, 5.41) is 0.643. The summed E-state index contributed by atoms with van der Waals surface area (Å²) in [5.74, 6) is 0.00920. The summed E-state index contributed by atoms with van der Waals surface area (Å²) in [6.45, 7) is 2.03. The third-order valence-electron chi connectivity index (χ3n) is 4.95. The highest BCUT2D eigenvalue weighted by Gasteiger charge is 2.26. The van der Waals surface area contributed by atoms with Crippen molar-refractivity contribution in [2.75, 3.05) is 33.4 Å². The molecular weight excluding hydrogens is 412 g/mol. The molecule has 1 aliphatic rings. The summed E-state index contributed by atoms with van der Waals surface area (Å²) in [6, 6.07) is 14.2. The number of carbonyl (C=O) groups is 1. The zero-order valence-electron chi connectivity index (χ0n) is 16.4. The molecule has 0 unspecified atom stereocenters. The van der Waals surface area contributed by atoms with Crippen LogP contribution in [0.5, 0.6) is 0 Å². The van der Waals surface area contributed by atoms with Crippen LogP contribution >= 0.6 is 11.6 Å². The molecule has 1 heterocycles. The lowest BCUT2D eigenvalue weighted by Gasteiger charge is -2.26. The Labute approximate surface area is 177 Å². The molecule has 6 nitrogen and oxygen atoms in total. The molecule has 0 saturated carbocycles. The van der Waals surface area contributed by atoms with Crippen LogP contribution in [0.1, 0.15) is 17.5 Å². The highest BCUT2D eigenvalue weighted by Crippen LogP contribution is 2.19. The van der Waals surface area contributed by atoms with Crippen molar-refractivity contribution in [2.24, 2.45) is 0 Å². The van der Waals surface area contributed by atoms with E-state index >= 15 is 0 Å². The normalized spacial score (nSPS) is 15.2. The highest BCUT2D eigenvalue weighted by atomic mass is 35.5. The topological polar surface area (TPSA) is 66.9 Å². The maximum absolute atomic E-state index is 12.7. The fourth-order valence-electron chi connectivity index (χ4n) is 3.18. The van der Waals surface area contributed by atoms with E-state index in [-0.39, 0.29) is 10.8 Å². The first-order chi connectivity index (χ1) is 13.9. The largest absolute Gasteiger partial charge is 0.379 e. The smallest absolute Gasteiger partial charge is 0.243 e. The summed E-state index contributed by atoms with van der Waals surface area (Å²) in [4.78, 5) is 14.4. The number of morpholine rings is 1. The number of nitrogens with zero attached hydrogens (tertiary/aromatic N) is 2. The molecule has 1 saturated heterocycles. The van der Waals surface area contributed by atoms with Crippen LogP contribution in [0.4, 0.5) is 0 Å². The average molecular weight is 437 g/mol. The summed E-state index contributed by atoms with van der Waals surface area (Å²) in [7, 11) is -1.74. The van der Waals surface area contributed by atoms with Gasteiger partial charge in [0, 0.05) is 38.1 Å². The minimum Gasteiger partial charge on any atom is -0.379 e. The number of benzene rings is 2. The zero-order chi connectivity index (χ0) is 20.9. The molecule has 0 spiro atoms. The number of ether oxygens (including phenoxy) is 1. The molecule has 3 rings (SSSR count). The Morgan fingerprint density at radius 3 is 2.41 bits per heavy atom. The monoisotopic (exact) mass is 436 g/mol. The maximum Gasteiger partial charge on any atom is 0.243 e. The number of halogens is 1. The van der Waals surface area contributed by atoms with Crippen molar-refractivity contribution in [3.8, 4) is 0 Å². The van der Waals surface area contributed by atoms with E-state index in [1.54, 1.807) is 36.2 Å². The second-order valence-corrected chi connectivity index (χ2v) is 9.35. The van der Waals surface area contributed by atoms with E-state index in [1.165, 1.54) is 4.31 Å². The zero-order valence-corrected chi connectivity index (χ0v) is 18.0. The van der Waals surface area contributed by atoms with Gasteiger partial charge >= 0.3 is 0 Å². The number of aryl methyl sites for hydroxylation is 1. The van der Waals surface area contributed by atoms with Gasteiger partial charge in [0.1, 0.15) is 0 Å². The molecular formula is C21H25ClN2O4S. The average Bonchev–Trinajstić information content (AvgIpc) is 2.74. The Bertz CT molecular complexity index is 941. The molecule has 0 radical (unpaired) electrons. The van der Waals surface area contributed by atoms with E-state index in [9.17, 15) is 13.2 Å². The van der Waals surface area contributed by atoms with Gasteiger partial charge in [-0.05, 0) is 35.7 Å². The summed E-state index contributed by atoms with van der Waals surface area (Å²) in [6.07, 6.45) is 0.889. The lowest BCUT2D eigenvalue weighted by Crippen LogP contribution is -2.40. The Balaban J connectivity index is 1.55. The van der Waals surface area contributed by atoms with Gasteiger partial charge in [-0.1, -0.05) is 41.9 Å². The molecule has 1 amide bonds. The number of rotatable bonds is 7. The van der Waals surface area contributed by atoms with Crippen LogP contribution in [-0.2, 0) is 32.5 Å². The van der Waals surface area contributed by atoms with Crippen LogP contribution in [0.25, 0.3) is 0 Å². The molecule has 29 heavy (non-hydrogen) atoms. The van der Waals surface area contributed by atoms with Gasteiger partial charge in [-0.2, -0.15) is 4.31 Å². The second-order valence-electron chi connectivity index (χ2n) is 7.00. The minimum atomic E-state index is -3.50. The number of hydrogen-bond donors (Lipinski definition) is 0. The predicted octanol–water partition coefficient (Wildman–Crippen LogP) is 2.95. The molecule has 156 valence electrons. The molecule has 0 atom stereocenters. The summed E-state index contributed by atoms with van der Waals surface area (Å²) in [5.41, 5.74) is 1.83. The van der Waals surface area contributed by atoms with E-state index in [2.05, 4.69) is 0 Å². The molecule has 0 N–H and O–H groups in total. The van der Waals surface area contributed by atoms with Gasteiger partial charge in [-0.25, -0.2) is 8.42 Å².